The highest BCUT2D eigenvalue weighted by Gasteiger charge is 2.06. The Hall–Kier alpha value is -2.33. The van der Waals surface area contributed by atoms with Crippen molar-refractivity contribution in [1.82, 2.24) is 0 Å². The molecule has 18 heavy (non-hydrogen) atoms. The van der Waals surface area contributed by atoms with Crippen molar-refractivity contribution >= 4 is 17.3 Å². The van der Waals surface area contributed by atoms with Crippen molar-refractivity contribution in [3.8, 4) is 0 Å². The maximum Gasteiger partial charge on any atom is 0.255 e. The molecule has 0 aliphatic carbocycles. The topological polar surface area (TPSA) is 67.2 Å². The summed E-state index contributed by atoms with van der Waals surface area (Å²) in [4.78, 5) is 12.0. The number of para-hydroxylation sites is 1. The molecule has 0 saturated carbocycles. The number of carbonyl (C=O) groups is 1. The molecule has 92 valence electrons. The molecule has 2 aromatic rings. The van der Waals surface area contributed by atoms with E-state index in [4.69, 9.17) is 5.84 Å². The minimum absolute atomic E-state index is 0.132. The molecule has 4 heteroatoms. The van der Waals surface area contributed by atoms with Gasteiger partial charge in [-0.15, -0.1) is 0 Å². The summed E-state index contributed by atoms with van der Waals surface area (Å²) >= 11 is 0. The minimum Gasteiger partial charge on any atom is -0.324 e. The van der Waals surface area contributed by atoms with Gasteiger partial charge in [0.25, 0.3) is 5.91 Å². The monoisotopic (exact) mass is 241 g/mol. The first-order valence-electron chi connectivity index (χ1n) is 5.64. The summed E-state index contributed by atoms with van der Waals surface area (Å²) in [6.07, 6.45) is 0. The van der Waals surface area contributed by atoms with Crippen molar-refractivity contribution in [2.24, 2.45) is 5.84 Å². The van der Waals surface area contributed by atoms with Crippen molar-refractivity contribution in [2.45, 2.75) is 6.92 Å². The number of amides is 1. The van der Waals surface area contributed by atoms with Gasteiger partial charge in [-0.25, -0.2) is 0 Å². The van der Waals surface area contributed by atoms with Crippen LogP contribution in [0.5, 0.6) is 0 Å². The largest absolute Gasteiger partial charge is 0.324 e. The molecular weight excluding hydrogens is 226 g/mol. The van der Waals surface area contributed by atoms with E-state index in [1.54, 1.807) is 24.3 Å². The van der Waals surface area contributed by atoms with E-state index >= 15 is 0 Å². The van der Waals surface area contributed by atoms with Crippen LogP contribution in [-0.2, 0) is 0 Å². The lowest BCUT2D eigenvalue weighted by molar-refractivity contribution is 0.102. The molecule has 4 N–H and O–H groups in total. The molecule has 4 nitrogen and oxygen atoms in total. The Labute approximate surface area is 106 Å². The second kappa shape index (κ2) is 5.33. The molecular formula is C14H15N3O. The quantitative estimate of drug-likeness (QED) is 0.571. The van der Waals surface area contributed by atoms with Crippen LogP contribution in [0.4, 0.5) is 11.4 Å². The van der Waals surface area contributed by atoms with Crippen LogP contribution < -0.4 is 16.6 Å². The lowest BCUT2D eigenvalue weighted by Crippen LogP contribution is -2.13. The molecule has 0 unspecified atom stereocenters. The number of anilines is 2. The summed E-state index contributed by atoms with van der Waals surface area (Å²) < 4.78 is 0. The lowest BCUT2D eigenvalue weighted by Gasteiger charge is -2.08. The number of nitrogens with one attached hydrogen (secondary N) is 2. The fourth-order valence-corrected chi connectivity index (χ4v) is 1.63. The van der Waals surface area contributed by atoms with Gasteiger partial charge in [0.15, 0.2) is 0 Å². The van der Waals surface area contributed by atoms with Crippen molar-refractivity contribution in [2.75, 3.05) is 10.7 Å². The maximum absolute atomic E-state index is 12.0. The van der Waals surface area contributed by atoms with Crippen LogP contribution in [-0.4, -0.2) is 5.91 Å². The first kappa shape index (κ1) is 12.1. The number of benzene rings is 2. The highest BCUT2D eigenvalue weighted by Crippen LogP contribution is 2.15. The van der Waals surface area contributed by atoms with Gasteiger partial charge in [0.05, 0.1) is 0 Å². The first-order chi connectivity index (χ1) is 8.70. The molecule has 0 atom stereocenters. The van der Waals surface area contributed by atoms with Gasteiger partial charge in [-0.1, -0.05) is 18.2 Å². The SMILES string of the molecule is Cc1ccccc1NC(=O)c1ccc(NN)cc1. The average molecular weight is 241 g/mol. The molecule has 0 aliphatic heterocycles. The van der Waals surface area contributed by atoms with Gasteiger partial charge >= 0.3 is 0 Å². The van der Waals surface area contributed by atoms with E-state index in [2.05, 4.69) is 10.7 Å². The van der Waals surface area contributed by atoms with Crippen LogP contribution in [0.15, 0.2) is 48.5 Å². The Morgan fingerprint density at radius 3 is 2.33 bits per heavy atom. The second-order valence-electron chi connectivity index (χ2n) is 3.99. The summed E-state index contributed by atoms with van der Waals surface area (Å²) in [5, 5.41) is 2.87. The fourth-order valence-electron chi connectivity index (χ4n) is 1.63. The maximum atomic E-state index is 12.0. The molecule has 0 saturated heterocycles. The van der Waals surface area contributed by atoms with E-state index in [9.17, 15) is 4.79 Å². The zero-order valence-corrected chi connectivity index (χ0v) is 10.1. The van der Waals surface area contributed by atoms with Gasteiger partial charge in [-0.05, 0) is 42.8 Å². The van der Waals surface area contributed by atoms with E-state index < -0.39 is 0 Å². The van der Waals surface area contributed by atoms with Crippen LogP contribution in [0, 0.1) is 6.92 Å². The molecule has 0 fully saturated rings. The third-order valence-electron chi connectivity index (χ3n) is 2.71. The Balaban J connectivity index is 2.14. The van der Waals surface area contributed by atoms with E-state index in [1.165, 1.54) is 0 Å². The van der Waals surface area contributed by atoms with Crippen molar-refractivity contribution in [3.63, 3.8) is 0 Å². The smallest absolute Gasteiger partial charge is 0.255 e. The molecule has 0 aliphatic rings. The zero-order chi connectivity index (χ0) is 13.0. The second-order valence-corrected chi connectivity index (χ2v) is 3.99. The molecule has 0 radical (unpaired) electrons. The summed E-state index contributed by atoms with van der Waals surface area (Å²) in [5.74, 6) is 5.14. The van der Waals surface area contributed by atoms with Crippen molar-refractivity contribution in [1.29, 1.82) is 0 Å². The van der Waals surface area contributed by atoms with Crippen LogP contribution in [0.1, 0.15) is 15.9 Å². The van der Waals surface area contributed by atoms with Gasteiger partial charge in [0, 0.05) is 16.9 Å². The Bertz CT molecular complexity index is 549. The molecule has 0 spiro atoms. The summed E-state index contributed by atoms with van der Waals surface area (Å²) in [6.45, 7) is 1.96. The fraction of sp³-hybridized carbons (Fsp3) is 0.0714. The highest BCUT2D eigenvalue weighted by molar-refractivity contribution is 6.04. The van der Waals surface area contributed by atoms with Gasteiger partial charge in [0.1, 0.15) is 0 Å². The normalized spacial score (nSPS) is 9.89. The van der Waals surface area contributed by atoms with Crippen LogP contribution >= 0.6 is 0 Å². The van der Waals surface area contributed by atoms with Gasteiger partial charge in [-0.3, -0.25) is 10.6 Å². The van der Waals surface area contributed by atoms with E-state index in [0.29, 0.717) is 5.56 Å². The standard InChI is InChI=1S/C14H15N3O/c1-10-4-2-3-5-13(10)16-14(18)11-6-8-12(17-15)9-7-11/h2-9,17H,15H2,1H3,(H,16,18). The molecule has 0 bridgehead atoms. The average Bonchev–Trinajstić information content (AvgIpc) is 2.41. The van der Waals surface area contributed by atoms with Gasteiger partial charge in [0.2, 0.25) is 0 Å². The van der Waals surface area contributed by atoms with Gasteiger partial charge < -0.3 is 10.7 Å². The van der Waals surface area contributed by atoms with Crippen molar-refractivity contribution in [3.05, 3.63) is 59.7 Å². The summed E-state index contributed by atoms with van der Waals surface area (Å²) in [5.41, 5.74) is 5.74. The number of nitrogen functional groups attached to an aromatic ring is 1. The van der Waals surface area contributed by atoms with Gasteiger partial charge in [-0.2, -0.15) is 0 Å². The van der Waals surface area contributed by atoms with E-state index in [-0.39, 0.29) is 5.91 Å². The predicted molar refractivity (Wildman–Crippen MR) is 73.4 cm³/mol. The zero-order valence-electron chi connectivity index (χ0n) is 10.1. The first-order valence-corrected chi connectivity index (χ1v) is 5.64. The third-order valence-corrected chi connectivity index (χ3v) is 2.71. The number of aryl methyl sites for hydroxylation is 1. The molecule has 0 aromatic heterocycles. The van der Waals surface area contributed by atoms with Crippen molar-refractivity contribution < 1.29 is 4.79 Å². The summed E-state index contributed by atoms with van der Waals surface area (Å²) in [6, 6.07) is 14.6. The molecule has 2 aromatic carbocycles. The number of rotatable bonds is 3. The molecule has 2 rings (SSSR count). The van der Waals surface area contributed by atoms with Crippen LogP contribution in [0.2, 0.25) is 0 Å². The Morgan fingerprint density at radius 2 is 1.72 bits per heavy atom. The number of hydrogen-bond donors (Lipinski definition) is 3. The van der Waals surface area contributed by atoms with E-state index in [1.807, 2.05) is 31.2 Å². The third kappa shape index (κ3) is 2.67. The number of hydrazine groups is 1. The van der Waals surface area contributed by atoms with Crippen LogP contribution in [0.25, 0.3) is 0 Å². The number of nitrogens with two attached hydrogens (primary N) is 1. The number of hydrogen-bond acceptors (Lipinski definition) is 3. The predicted octanol–water partition coefficient (Wildman–Crippen LogP) is 2.53. The number of carbonyl (C=O) groups excluding carboxylic acids is 1. The summed E-state index contributed by atoms with van der Waals surface area (Å²) in [7, 11) is 0. The lowest BCUT2D eigenvalue weighted by atomic mass is 10.1. The molecule has 1 amide bonds. The van der Waals surface area contributed by atoms with E-state index in [0.717, 1.165) is 16.9 Å². The Kier molecular flexibility index (Phi) is 3.60. The molecule has 0 heterocycles. The Morgan fingerprint density at radius 1 is 1.06 bits per heavy atom. The minimum atomic E-state index is -0.132. The van der Waals surface area contributed by atoms with Crippen LogP contribution in [0.3, 0.4) is 0 Å². The highest BCUT2D eigenvalue weighted by atomic mass is 16.1.